The molecule has 70 valence electrons. The van der Waals surface area contributed by atoms with E-state index >= 15 is 0 Å². The van der Waals surface area contributed by atoms with Gasteiger partial charge < -0.3 is 0 Å². The molecule has 2 nitrogen and oxygen atoms in total. The highest BCUT2D eigenvalue weighted by atomic mass is 19.4. The quantitative estimate of drug-likeness (QED) is 0.638. The van der Waals surface area contributed by atoms with E-state index in [1.165, 1.54) is 4.90 Å². The lowest BCUT2D eigenvalue weighted by Crippen LogP contribution is -2.35. The van der Waals surface area contributed by atoms with Gasteiger partial charge in [0.25, 0.3) is 0 Å². The molecule has 12 heavy (non-hydrogen) atoms. The molecule has 0 amide bonds. The van der Waals surface area contributed by atoms with Crippen LogP contribution in [0.2, 0.25) is 0 Å². The normalized spacial score (nSPS) is 19.9. The zero-order valence-electron chi connectivity index (χ0n) is 6.52. The monoisotopic (exact) mass is 181 g/mol. The average Bonchev–Trinajstić information content (AvgIpc) is 2.37. The van der Waals surface area contributed by atoms with Crippen LogP contribution in [0.5, 0.6) is 0 Å². The number of likely N-dealkylation sites (tertiary alicyclic amines) is 1. The second-order valence-electron chi connectivity index (χ2n) is 2.90. The maximum atomic E-state index is 11.7. The SMILES string of the molecule is O=C(CN1CCCC1)C(F)(F)F. The van der Waals surface area contributed by atoms with Gasteiger partial charge in [0.1, 0.15) is 0 Å². The summed E-state index contributed by atoms with van der Waals surface area (Å²) in [6.45, 7) is 0.757. The Morgan fingerprint density at radius 1 is 1.25 bits per heavy atom. The molecule has 0 radical (unpaired) electrons. The van der Waals surface area contributed by atoms with Crippen molar-refractivity contribution < 1.29 is 18.0 Å². The van der Waals surface area contributed by atoms with Gasteiger partial charge in [0, 0.05) is 0 Å². The van der Waals surface area contributed by atoms with Gasteiger partial charge in [-0.05, 0) is 25.9 Å². The molecular formula is C7H10F3NO. The molecule has 5 heteroatoms. The molecule has 1 heterocycles. The first-order chi connectivity index (χ1) is 5.50. The topological polar surface area (TPSA) is 20.3 Å². The van der Waals surface area contributed by atoms with Crippen molar-refractivity contribution in [1.29, 1.82) is 0 Å². The van der Waals surface area contributed by atoms with E-state index in [1.54, 1.807) is 0 Å². The summed E-state index contributed by atoms with van der Waals surface area (Å²) in [4.78, 5) is 12.0. The second-order valence-corrected chi connectivity index (χ2v) is 2.90. The van der Waals surface area contributed by atoms with E-state index in [9.17, 15) is 18.0 Å². The molecule has 0 bridgehead atoms. The Balaban J connectivity index is 2.35. The third-order valence-electron chi connectivity index (χ3n) is 1.88. The fraction of sp³-hybridized carbons (Fsp3) is 0.857. The van der Waals surface area contributed by atoms with E-state index in [-0.39, 0.29) is 0 Å². The van der Waals surface area contributed by atoms with Crippen molar-refractivity contribution in [2.45, 2.75) is 19.0 Å². The van der Waals surface area contributed by atoms with Crippen LogP contribution in [-0.2, 0) is 4.79 Å². The molecule has 1 aliphatic rings. The van der Waals surface area contributed by atoms with Gasteiger partial charge in [-0.1, -0.05) is 0 Å². The number of nitrogens with zero attached hydrogens (tertiary/aromatic N) is 1. The minimum absolute atomic E-state index is 0.469. The number of hydrogen-bond acceptors (Lipinski definition) is 2. The summed E-state index contributed by atoms with van der Waals surface area (Å²) < 4.78 is 35.2. The van der Waals surface area contributed by atoms with E-state index in [4.69, 9.17) is 0 Å². The van der Waals surface area contributed by atoms with E-state index in [0.29, 0.717) is 13.1 Å². The summed E-state index contributed by atoms with van der Waals surface area (Å²) in [7, 11) is 0. The molecule has 1 saturated heterocycles. The highest BCUT2D eigenvalue weighted by Crippen LogP contribution is 2.17. The van der Waals surface area contributed by atoms with Crippen LogP contribution in [0, 0.1) is 0 Å². The molecule has 0 aromatic carbocycles. The smallest absolute Gasteiger partial charge is 0.296 e. The molecule has 0 saturated carbocycles. The van der Waals surface area contributed by atoms with Crippen molar-refractivity contribution in [3.63, 3.8) is 0 Å². The van der Waals surface area contributed by atoms with Crippen LogP contribution in [0.3, 0.4) is 0 Å². The number of alkyl halides is 3. The number of Topliss-reactive ketones (excluding diaryl/α,β-unsaturated/α-hetero) is 1. The first-order valence-electron chi connectivity index (χ1n) is 3.82. The summed E-state index contributed by atoms with van der Waals surface area (Å²) in [6, 6.07) is 0. The Hall–Kier alpha value is -0.580. The maximum absolute atomic E-state index is 11.7. The van der Waals surface area contributed by atoms with Crippen LogP contribution >= 0.6 is 0 Å². The maximum Gasteiger partial charge on any atom is 0.451 e. The molecule has 0 N–H and O–H groups in total. The fourth-order valence-corrected chi connectivity index (χ4v) is 1.23. The molecule has 1 rings (SSSR count). The van der Waals surface area contributed by atoms with E-state index in [0.717, 1.165) is 12.8 Å². The number of rotatable bonds is 2. The summed E-state index contributed by atoms with van der Waals surface area (Å²) in [5, 5.41) is 0. The summed E-state index contributed by atoms with van der Waals surface area (Å²) >= 11 is 0. The summed E-state index contributed by atoms with van der Waals surface area (Å²) in [5.41, 5.74) is 0. The predicted octanol–water partition coefficient (Wildman–Crippen LogP) is 1.21. The van der Waals surface area contributed by atoms with E-state index in [2.05, 4.69) is 0 Å². The molecular weight excluding hydrogens is 171 g/mol. The van der Waals surface area contributed by atoms with Gasteiger partial charge in [0.2, 0.25) is 5.78 Å². The number of halogens is 3. The minimum Gasteiger partial charge on any atom is -0.296 e. The van der Waals surface area contributed by atoms with Crippen molar-refractivity contribution in [2.75, 3.05) is 19.6 Å². The highest BCUT2D eigenvalue weighted by molar-refractivity contribution is 5.85. The van der Waals surface area contributed by atoms with Crippen molar-refractivity contribution in [3.8, 4) is 0 Å². The minimum atomic E-state index is -4.66. The number of ketones is 1. The zero-order valence-corrected chi connectivity index (χ0v) is 6.52. The fourth-order valence-electron chi connectivity index (χ4n) is 1.23. The Morgan fingerprint density at radius 2 is 1.75 bits per heavy atom. The first kappa shape index (κ1) is 9.51. The van der Waals surface area contributed by atoms with E-state index < -0.39 is 18.5 Å². The van der Waals surface area contributed by atoms with Gasteiger partial charge in [-0.15, -0.1) is 0 Å². The van der Waals surface area contributed by atoms with Gasteiger partial charge in [0.15, 0.2) is 0 Å². The Kier molecular flexibility index (Phi) is 2.72. The van der Waals surface area contributed by atoms with Gasteiger partial charge >= 0.3 is 6.18 Å². The van der Waals surface area contributed by atoms with Crippen molar-refractivity contribution in [1.82, 2.24) is 4.90 Å². The van der Waals surface area contributed by atoms with Crippen LogP contribution in [0.25, 0.3) is 0 Å². The van der Waals surface area contributed by atoms with Crippen molar-refractivity contribution in [2.24, 2.45) is 0 Å². The van der Waals surface area contributed by atoms with Crippen LogP contribution < -0.4 is 0 Å². The number of hydrogen-bond donors (Lipinski definition) is 0. The lowest BCUT2D eigenvalue weighted by molar-refractivity contribution is -0.171. The van der Waals surface area contributed by atoms with Crippen LogP contribution in [0.4, 0.5) is 13.2 Å². The lowest BCUT2D eigenvalue weighted by Gasteiger charge is -2.14. The van der Waals surface area contributed by atoms with Crippen LogP contribution in [-0.4, -0.2) is 36.5 Å². The van der Waals surface area contributed by atoms with Crippen LogP contribution in [0.1, 0.15) is 12.8 Å². The lowest BCUT2D eigenvalue weighted by atomic mass is 10.3. The van der Waals surface area contributed by atoms with Crippen molar-refractivity contribution in [3.05, 3.63) is 0 Å². The summed E-state index contributed by atoms with van der Waals surface area (Å²) in [6.07, 6.45) is -2.88. The van der Waals surface area contributed by atoms with Gasteiger partial charge in [-0.3, -0.25) is 9.69 Å². The largest absolute Gasteiger partial charge is 0.451 e. The van der Waals surface area contributed by atoms with Gasteiger partial charge in [0.05, 0.1) is 6.54 Å². The number of carbonyl (C=O) groups is 1. The van der Waals surface area contributed by atoms with Gasteiger partial charge in [-0.25, -0.2) is 0 Å². The Morgan fingerprint density at radius 3 is 2.17 bits per heavy atom. The Bertz CT molecular complexity index is 172. The Labute approximate surface area is 68.3 Å². The first-order valence-corrected chi connectivity index (χ1v) is 3.82. The standard InChI is InChI=1S/C7H10F3NO/c8-7(9,10)6(12)5-11-3-1-2-4-11/h1-5H2. The molecule has 1 fully saturated rings. The molecule has 0 spiro atoms. The third-order valence-corrected chi connectivity index (χ3v) is 1.88. The van der Waals surface area contributed by atoms with E-state index in [1.807, 2.05) is 0 Å². The molecule has 0 unspecified atom stereocenters. The van der Waals surface area contributed by atoms with Gasteiger partial charge in [-0.2, -0.15) is 13.2 Å². The molecule has 0 aromatic heterocycles. The van der Waals surface area contributed by atoms with Crippen LogP contribution in [0.15, 0.2) is 0 Å². The van der Waals surface area contributed by atoms with Crippen molar-refractivity contribution >= 4 is 5.78 Å². The second kappa shape index (κ2) is 3.43. The molecule has 0 atom stereocenters. The highest BCUT2D eigenvalue weighted by Gasteiger charge is 2.39. The third kappa shape index (κ3) is 2.48. The molecule has 0 aliphatic carbocycles. The predicted molar refractivity (Wildman–Crippen MR) is 36.7 cm³/mol. The summed E-state index contributed by atoms with van der Waals surface area (Å²) in [5.74, 6) is -1.63. The zero-order chi connectivity index (χ0) is 9.19. The number of carbonyl (C=O) groups excluding carboxylic acids is 1. The molecule has 1 aliphatic heterocycles. The average molecular weight is 181 g/mol. The molecule has 0 aromatic rings.